The minimum absolute atomic E-state index is 0.331. The zero-order chi connectivity index (χ0) is 14.6. The van der Waals surface area contributed by atoms with Crippen LogP contribution in [0.3, 0.4) is 0 Å². The molecule has 1 fully saturated rings. The largest absolute Gasteiger partial charge is 0.382 e. The van der Waals surface area contributed by atoms with E-state index in [0.717, 1.165) is 12.8 Å². The van der Waals surface area contributed by atoms with Crippen LogP contribution in [0.5, 0.6) is 0 Å². The van der Waals surface area contributed by atoms with Gasteiger partial charge in [0.1, 0.15) is 0 Å². The molecule has 5 heteroatoms. The molecular formula is C15H31NO4. The lowest BCUT2D eigenvalue weighted by molar-refractivity contribution is -0.0389. The first kappa shape index (κ1) is 17.9. The van der Waals surface area contributed by atoms with Crippen LogP contribution in [0, 0.1) is 0 Å². The fourth-order valence-corrected chi connectivity index (χ4v) is 2.47. The molecule has 1 aliphatic rings. The summed E-state index contributed by atoms with van der Waals surface area (Å²) < 4.78 is 21.6. The van der Waals surface area contributed by atoms with E-state index in [1.54, 1.807) is 7.11 Å². The lowest BCUT2D eigenvalue weighted by atomic mass is 9.95. The van der Waals surface area contributed by atoms with E-state index in [2.05, 4.69) is 19.2 Å². The minimum Gasteiger partial charge on any atom is -0.382 e. The van der Waals surface area contributed by atoms with Gasteiger partial charge in [0.05, 0.1) is 45.7 Å². The fourth-order valence-electron chi connectivity index (χ4n) is 2.47. The fraction of sp³-hybridized carbons (Fsp3) is 1.00. The third-order valence-corrected chi connectivity index (χ3v) is 3.63. The quantitative estimate of drug-likeness (QED) is 0.586. The normalized spacial score (nSPS) is 26.9. The first-order valence-corrected chi connectivity index (χ1v) is 7.80. The van der Waals surface area contributed by atoms with Crippen molar-refractivity contribution < 1.29 is 18.9 Å². The van der Waals surface area contributed by atoms with Gasteiger partial charge < -0.3 is 24.3 Å². The highest BCUT2D eigenvalue weighted by molar-refractivity contribution is 4.84. The molecule has 0 radical (unpaired) electrons. The molecule has 0 saturated carbocycles. The smallest absolute Gasteiger partial charge is 0.0729 e. The van der Waals surface area contributed by atoms with Gasteiger partial charge >= 0.3 is 0 Å². The predicted molar refractivity (Wildman–Crippen MR) is 79.2 cm³/mol. The number of ether oxygens (including phenoxy) is 4. The van der Waals surface area contributed by atoms with E-state index in [1.807, 2.05) is 0 Å². The second-order valence-electron chi connectivity index (χ2n) is 5.29. The highest BCUT2D eigenvalue weighted by atomic mass is 16.6. The van der Waals surface area contributed by atoms with Crippen molar-refractivity contribution >= 4 is 0 Å². The van der Waals surface area contributed by atoms with Gasteiger partial charge in [-0.1, -0.05) is 6.92 Å². The maximum Gasteiger partial charge on any atom is 0.0729 e. The molecule has 1 saturated heterocycles. The first-order valence-electron chi connectivity index (χ1n) is 7.80. The van der Waals surface area contributed by atoms with E-state index in [4.69, 9.17) is 18.9 Å². The van der Waals surface area contributed by atoms with E-state index in [-0.39, 0.29) is 0 Å². The molecule has 1 heterocycles. The molecule has 20 heavy (non-hydrogen) atoms. The standard InChI is InChI=1S/C15H31NO4/c1-4-14-15(6-5-13(2)16-14)20-12-11-19-10-9-18-8-7-17-3/h13-16H,4-12H2,1-3H3. The molecule has 5 nitrogen and oxygen atoms in total. The van der Waals surface area contributed by atoms with Crippen LogP contribution in [0.4, 0.5) is 0 Å². The predicted octanol–water partition coefficient (Wildman–Crippen LogP) is 1.60. The molecule has 3 atom stereocenters. The van der Waals surface area contributed by atoms with Crippen LogP contribution >= 0.6 is 0 Å². The summed E-state index contributed by atoms with van der Waals surface area (Å²) in [5.41, 5.74) is 0. The van der Waals surface area contributed by atoms with E-state index in [0.29, 0.717) is 57.8 Å². The number of nitrogens with one attached hydrogen (secondary N) is 1. The second-order valence-corrected chi connectivity index (χ2v) is 5.29. The Labute approximate surface area is 123 Å². The van der Waals surface area contributed by atoms with Gasteiger partial charge in [-0.15, -0.1) is 0 Å². The van der Waals surface area contributed by atoms with Crippen molar-refractivity contribution in [1.29, 1.82) is 0 Å². The molecule has 0 aliphatic carbocycles. The molecule has 0 amide bonds. The molecule has 0 bridgehead atoms. The molecule has 1 rings (SSSR count). The van der Waals surface area contributed by atoms with Gasteiger partial charge in [0.25, 0.3) is 0 Å². The molecule has 0 aromatic rings. The van der Waals surface area contributed by atoms with Crippen LogP contribution in [0.2, 0.25) is 0 Å². The second kappa shape index (κ2) is 11.5. The van der Waals surface area contributed by atoms with Gasteiger partial charge in [0.2, 0.25) is 0 Å². The summed E-state index contributed by atoms with van der Waals surface area (Å²) in [4.78, 5) is 0. The summed E-state index contributed by atoms with van der Waals surface area (Å²) in [6.07, 6.45) is 3.78. The zero-order valence-corrected chi connectivity index (χ0v) is 13.2. The molecule has 120 valence electrons. The van der Waals surface area contributed by atoms with Gasteiger partial charge in [-0.2, -0.15) is 0 Å². The number of piperidine rings is 1. The van der Waals surface area contributed by atoms with Crippen LogP contribution in [-0.2, 0) is 18.9 Å². The Morgan fingerprint density at radius 1 is 0.950 bits per heavy atom. The van der Waals surface area contributed by atoms with Crippen molar-refractivity contribution in [3.63, 3.8) is 0 Å². The third-order valence-electron chi connectivity index (χ3n) is 3.63. The van der Waals surface area contributed by atoms with E-state index < -0.39 is 0 Å². The Morgan fingerprint density at radius 3 is 2.25 bits per heavy atom. The van der Waals surface area contributed by atoms with Crippen molar-refractivity contribution in [3.8, 4) is 0 Å². The molecule has 0 spiro atoms. The number of rotatable bonds is 11. The zero-order valence-electron chi connectivity index (χ0n) is 13.2. The first-order chi connectivity index (χ1) is 9.77. The Hall–Kier alpha value is -0.200. The van der Waals surface area contributed by atoms with Crippen molar-refractivity contribution in [3.05, 3.63) is 0 Å². The van der Waals surface area contributed by atoms with Crippen molar-refractivity contribution in [2.75, 3.05) is 46.8 Å². The summed E-state index contributed by atoms with van der Waals surface area (Å²) in [6.45, 7) is 8.24. The Balaban J connectivity index is 1.95. The Morgan fingerprint density at radius 2 is 1.60 bits per heavy atom. The molecule has 0 aromatic heterocycles. The maximum atomic E-state index is 5.93. The van der Waals surface area contributed by atoms with Crippen molar-refractivity contribution in [2.24, 2.45) is 0 Å². The SMILES string of the molecule is CCC1NC(C)CCC1OCCOCCOCCOC. The Kier molecular flexibility index (Phi) is 10.2. The van der Waals surface area contributed by atoms with Gasteiger partial charge in [0.15, 0.2) is 0 Å². The topological polar surface area (TPSA) is 49.0 Å². The summed E-state index contributed by atoms with van der Waals surface area (Å²) >= 11 is 0. The van der Waals surface area contributed by atoms with Gasteiger partial charge in [-0.05, 0) is 26.2 Å². The number of hydrogen-bond donors (Lipinski definition) is 1. The number of hydrogen-bond acceptors (Lipinski definition) is 5. The highest BCUT2D eigenvalue weighted by Crippen LogP contribution is 2.18. The monoisotopic (exact) mass is 289 g/mol. The van der Waals surface area contributed by atoms with Crippen LogP contribution < -0.4 is 5.32 Å². The van der Waals surface area contributed by atoms with Gasteiger partial charge in [0, 0.05) is 19.2 Å². The van der Waals surface area contributed by atoms with Crippen molar-refractivity contribution in [1.82, 2.24) is 5.32 Å². The van der Waals surface area contributed by atoms with Crippen LogP contribution in [0.25, 0.3) is 0 Å². The molecule has 1 aliphatic heterocycles. The summed E-state index contributed by atoms with van der Waals surface area (Å²) in [5, 5.41) is 3.60. The van der Waals surface area contributed by atoms with Crippen molar-refractivity contribution in [2.45, 2.75) is 51.3 Å². The van der Waals surface area contributed by atoms with Gasteiger partial charge in [-0.25, -0.2) is 0 Å². The van der Waals surface area contributed by atoms with Gasteiger partial charge in [-0.3, -0.25) is 0 Å². The highest BCUT2D eigenvalue weighted by Gasteiger charge is 2.26. The Bertz CT molecular complexity index is 228. The number of methoxy groups -OCH3 is 1. The molecule has 1 N–H and O–H groups in total. The summed E-state index contributed by atoms with van der Waals surface area (Å²) in [6, 6.07) is 1.09. The maximum absolute atomic E-state index is 5.93. The lowest BCUT2D eigenvalue weighted by Crippen LogP contribution is -2.50. The van der Waals surface area contributed by atoms with Crippen LogP contribution in [0.1, 0.15) is 33.1 Å². The summed E-state index contributed by atoms with van der Waals surface area (Å²) in [5.74, 6) is 0. The molecule has 3 unspecified atom stereocenters. The van der Waals surface area contributed by atoms with E-state index in [9.17, 15) is 0 Å². The average molecular weight is 289 g/mol. The third kappa shape index (κ3) is 7.55. The lowest BCUT2D eigenvalue weighted by Gasteiger charge is -2.35. The van der Waals surface area contributed by atoms with E-state index >= 15 is 0 Å². The van der Waals surface area contributed by atoms with Crippen LogP contribution in [0.15, 0.2) is 0 Å². The van der Waals surface area contributed by atoms with E-state index in [1.165, 1.54) is 6.42 Å². The molecule has 0 aromatic carbocycles. The summed E-state index contributed by atoms with van der Waals surface area (Å²) in [7, 11) is 1.67. The molecular weight excluding hydrogens is 258 g/mol. The minimum atomic E-state index is 0.331. The van der Waals surface area contributed by atoms with Crippen LogP contribution in [-0.4, -0.2) is 64.9 Å². The average Bonchev–Trinajstić information content (AvgIpc) is 2.46.